The monoisotopic (exact) mass is 378 g/mol. The first kappa shape index (κ1) is 18.8. The lowest BCUT2D eigenvalue weighted by Crippen LogP contribution is -2.70. The molecule has 6 nitrogen and oxygen atoms in total. The van der Waals surface area contributed by atoms with Gasteiger partial charge in [-0.15, -0.1) is 0 Å². The molecule has 2 aliphatic heterocycles. The maximum Gasteiger partial charge on any atom is 0.509 e. The molecule has 2 saturated carbocycles. The lowest BCUT2D eigenvalue weighted by Gasteiger charge is -2.64. The number of rotatable bonds is 3. The van der Waals surface area contributed by atoms with Crippen molar-refractivity contribution < 1.29 is 28.9 Å². The minimum atomic E-state index is -1.02. The highest BCUT2D eigenvalue weighted by atomic mass is 16.8. The molecule has 27 heavy (non-hydrogen) atoms. The number of carbonyl (C=O) groups is 2. The van der Waals surface area contributed by atoms with Gasteiger partial charge in [0.1, 0.15) is 18.8 Å². The fourth-order valence-electron chi connectivity index (χ4n) is 6.62. The summed E-state index contributed by atoms with van der Waals surface area (Å²) in [6.45, 7) is 8.84. The van der Waals surface area contributed by atoms with Crippen LogP contribution in [-0.4, -0.2) is 41.6 Å². The SMILES string of the molecule is C[C@@H]1[C@H]2OC(=O)O[C@H]2[C@H]2C(C)(C)CCC[C@]2(C)[C@@]1(O)CCC1=CC(=O)OC1. The van der Waals surface area contributed by atoms with Crippen LogP contribution in [0.2, 0.25) is 0 Å². The number of hydrogen-bond donors (Lipinski definition) is 1. The Morgan fingerprint density at radius 1 is 1.15 bits per heavy atom. The number of esters is 1. The Kier molecular flexibility index (Phi) is 4.15. The zero-order valence-electron chi connectivity index (χ0n) is 16.6. The van der Waals surface area contributed by atoms with Crippen molar-refractivity contribution in [2.24, 2.45) is 22.7 Å². The Hall–Kier alpha value is -1.56. The van der Waals surface area contributed by atoms with Gasteiger partial charge in [0, 0.05) is 23.3 Å². The van der Waals surface area contributed by atoms with E-state index in [-0.39, 0.29) is 29.3 Å². The molecule has 150 valence electrons. The smallest absolute Gasteiger partial charge is 0.458 e. The zero-order chi connectivity index (χ0) is 19.6. The number of ether oxygens (including phenoxy) is 3. The Morgan fingerprint density at radius 3 is 2.52 bits per heavy atom. The summed E-state index contributed by atoms with van der Waals surface area (Å²) >= 11 is 0. The van der Waals surface area contributed by atoms with Crippen molar-refractivity contribution in [1.82, 2.24) is 0 Å². The average molecular weight is 378 g/mol. The second-order valence-electron chi connectivity index (χ2n) is 9.78. The van der Waals surface area contributed by atoms with Crippen molar-refractivity contribution in [3.8, 4) is 0 Å². The summed E-state index contributed by atoms with van der Waals surface area (Å²) in [5.41, 5.74) is -0.564. The Balaban J connectivity index is 1.71. The first-order chi connectivity index (χ1) is 12.6. The number of fused-ring (bicyclic) bond motifs is 3. The van der Waals surface area contributed by atoms with Crippen LogP contribution in [-0.2, 0) is 19.0 Å². The van der Waals surface area contributed by atoms with Crippen LogP contribution in [0.4, 0.5) is 4.79 Å². The largest absolute Gasteiger partial charge is 0.509 e. The molecule has 2 heterocycles. The van der Waals surface area contributed by atoms with E-state index in [1.54, 1.807) is 0 Å². The van der Waals surface area contributed by atoms with Gasteiger partial charge in [-0.05, 0) is 36.7 Å². The van der Waals surface area contributed by atoms with Gasteiger partial charge in [0.25, 0.3) is 0 Å². The van der Waals surface area contributed by atoms with E-state index in [1.807, 2.05) is 6.92 Å². The van der Waals surface area contributed by atoms with E-state index in [9.17, 15) is 14.7 Å². The highest BCUT2D eigenvalue weighted by Gasteiger charge is 2.70. The normalized spacial score (nSPS) is 45.3. The molecule has 0 aromatic carbocycles. The molecule has 0 unspecified atom stereocenters. The third-order valence-corrected chi connectivity index (χ3v) is 7.95. The molecule has 2 aliphatic carbocycles. The lowest BCUT2D eigenvalue weighted by molar-refractivity contribution is -0.255. The van der Waals surface area contributed by atoms with Gasteiger partial charge in [0.05, 0.1) is 5.60 Å². The van der Waals surface area contributed by atoms with Crippen LogP contribution >= 0.6 is 0 Å². The van der Waals surface area contributed by atoms with Crippen LogP contribution in [0.15, 0.2) is 11.6 Å². The second-order valence-corrected chi connectivity index (χ2v) is 9.78. The van der Waals surface area contributed by atoms with Crippen molar-refractivity contribution in [2.75, 3.05) is 6.61 Å². The number of cyclic esters (lactones) is 1. The van der Waals surface area contributed by atoms with Crippen LogP contribution in [0.3, 0.4) is 0 Å². The maximum atomic E-state index is 12.1. The van der Waals surface area contributed by atoms with Crippen LogP contribution in [0.25, 0.3) is 0 Å². The molecule has 0 spiro atoms. The van der Waals surface area contributed by atoms with E-state index in [0.29, 0.717) is 19.4 Å². The number of carbonyl (C=O) groups excluding carboxylic acids is 2. The lowest BCUT2D eigenvalue weighted by atomic mass is 9.43. The summed E-state index contributed by atoms with van der Waals surface area (Å²) in [5, 5.41) is 12.1. The molecule has 3 fully saturated rings. The van der Waals surface area contributed by atoms with Gasteiger partial charge in [-0.3, -0.25) is 0 Å². The van der Waals surface area contributed by atoms with Gasteiger partial charge in [-0.1, -0.05) is 34.1 Å². The van der Waals surface area contributed by atoms with E-state index < -0.39 is 23.3 Å². The predicted molar refractivity (Wildman–Crippen MR) is 96.8 cm³/mol. The quantitative estimate of drug-likeness (QED) is 0.758. The molecule has 1 saturated heterocycles. The predicted octanol–water partition coefficient (Wildman–Crippen LogP) is 3.37. The van der Waals surface area contributed by atoms with Gasteiger partial charge in [0.2, 0.25) is 0 Å². The zero-order valence-corrected chi connectivity index (χ0v) is 16.6. The van der Waals surface area contributed by atoms with Gasteiger partial charge in [0.15, 0.2) is 0 Å². The molecule has 0 bridgehead atoms. The minimum absolute atomic E-state index is 0.0202. The molecule has 0 aromatic rings. The summed E-state index contributed by atoms with van der Waals surface area (Å²) in [5.74, 6) is -0.538. The van der Waals surface area contributed by atoms with Crippen molar-refractivity contribution in [2.45, 2.75) is 77.6 Å². The Labute approximate surface area is 160 Å². The molecule has 0 radical (unpaired) electrons. The van der Waals surface area contributed by atoms with Crippen molar-refractivity contribution >= 4 is 12.1 Å². The first-order valence-corrected chi connectivity index (χ1v) is 10.0. The summed E-state index contributed by atoms with van der Waals surface area (Å²) in [7, 11) is 0. The molecular weight excluding hydrogens is 348 g/mol. The fraction of sp³-hybridized carbons (Fsp3) is 0.810. The van der Waals surface area contributed by atoms with E-state index >= 15 is 0 Å². The summed E-state index contributed by atoms with van der Waals surface area (Å²) in [6, 6.07) is 0. The topological polar surface area (TPSA) is 82.1 Å². The third kappa shape index (κ3) is 2.63. The van der Waals surface area contributed by atoms with Crippen LogP contribution in [0.5, 0.6) is 0 Å². The van der Waals surface area contributed by atoms with E-state index in [2.05, 4.69) is 20.8 Å². The van der Waals surface area contributed by atoms with E-state index in [1.165, 1.54) is 6.08 Å². The minimum Gasteiger partial charge on any atom is -0.458 e. The highest BCUT2D eigenvalue weighted by molar-refractivity contribution is 5.85. The molecule has 0 amide bonds. The van der Waals surface area contributed by atoms with Crippen molar-refractivity contribution in [3.05, 3.63) is 11.6 Å². The van der Waals surface area contributed by atoms with E-state index in [4.69, 9.17) is 14.2 Å². The fourth-order valence-corrected chi connectivity index (χ4v) is 6.62. The summed E-state index contributed by atoms with van der Waals surface area (Å²) in [6.07, 6.45) is 4.22. The second kappa shape index (κ2) is 5.97. The molecule has 6 heteroatoms. The van der Waals surface area contributed by atoms with Crippen LogP contribution < -0.4 is 0 Å². The first-order valence-electron chi connectivity index (χ1n) is 10.0. The Morgan fingerprint density at radius 2 is 1.85 bits per heavy atom. The number of aliphatic hydroxyl groups is 1. The van der Waals surface area contributed by atoms with Crippen LogP contribution in [0, 0.1) is 22.7 Å². The standard InChI is InChI=1S/C21H30O6/c1-12-15-16(27-18(23)26-15)17-19(2,3)7-5-8-20(17,4)21(12,24)9-6-13-10-14(22)25-11-13/h10,12,15-17,24H,5-9,11H2,1-4H3/t12-,15-,16-,17+,20+,21-/m1/s1. The van der Waals surface area contributed by atoms with Crippen molar-refractivity contribution in [3.63, 3.8) is 0 Å². The van der Waals surface area contributed by atoms with E-state index in [0.717, 1.165) is 24.8 Å². The summed E-state index contributed by atoms with van der Waals surface area (Å²) in [4.78, 5) is 23.3. The van der Waals surface area contributed by atoms with Crippen molar-refractivity contribution in [1.29, 1.82) is 0 Å². The van der Waals surface area contributed by atoms with Crippen LogP contribution in [0.1, 0.15) is 59.8 Å². The summed E-state index contributed by atoms with van der Waals surface area (Å²) < 4.78 is 16.2. The molecule has 1 N–H and O–H groups in total. The Bertz CT molecular complexity index is 697. The van der Waals surface area contributed by atoms with Gasteiger partial charge < -0.3 is 19.3 Å². The number of hydrogen-bond acceptors (Lipinski definition) is 6. The molecule has 4 aliphatic rings. The molecule has 4 rings (SSSR count). The average Bonchev–Trinajstić information content (AvgIpc) is 3.15. The molecule has 0 aromatic heterocycles. The molecular formula is C21H30O6. The third-order valence-electron chi connectivity index (χ3n) is 7.95. The maximum absolute atomic E-state index is 12.1. The molecule has 6 atom stereocenters. The highest BCUT2D eigenvalue weighted by Crippen LogP contribution is 2.65. The van der Waals surface area contributed by atoms with Gasteiger partial charge in [-0.2, -0.15) is 0 Å². The van der Waals surface area contributed by atoms with Gasteiger partial charge in [-0.25, -0.2) is 9.59 Å². The van der Waals surface area contributed by atoms with Gasteiger partial charge >= 0.3 is 12.1 Å².